The van der Waals surface area contributed by atoms with Crippen LogP contribution in [-0.2, 0) is 6.42 Å². The molecule has 2 heterocycles. The van der Waals surface area contributed by atoms with E-state index in [2.05, 4.69) is 68.1 Å². The molecule has 2 heteroatoms. The van der Waals surface area contributed by atoms with Crippen molar-refractivity contribution in [3.8, 4) is 11.1 Å². The van der Waals surface area contributed by atoms with E-state index in [1.54, 1.807) is 0 Å². The molecule has 0 bridgehead atoms. The Morgan fingerprint density at radius 3 is 2.52 bits per heavy atom. The number of hydrogen-bond acceptors (Lipinski definition) is 2. The van der Waals surface area contributed by atoms with Gasteiger partial charge in [0.15, 0.2) is 0 Å². The van der Waals surface area contributed by atoms with Gasteiger partial charge in [-0.3, -0.25) is 0 Å². The van der Waals surface area contributed by atoms with Crippen molar-refractivity contribution in [2.24, 2.45) is 0 Å². The van der Waals surface area contributed by atoms with Gasteiger partial charge in [-0.25, -0.2) is 0 Å². The summed E-state index contributed by atoms with van der Waals surface area (Å²) in [6.45, 7) is 8.99. The van der Waals surface area contributed by atoms with E-state index in [0.717, 1.165) is 30.4 Å². The largest absolute Gasteiger partial charge is 0.461 e. The summed E-state index contributed by atoms with van der Waals surface area (Å²) in [5.74, 6) is 1.10. The highest BCUT2D eigenvalue weighted by Crippen LogP contribution is 2.28. The number of furan rings is 1. The fraction of sp³-hybridized carbons (Fsp3) is 0.391. The minimum Gasteiger partial charge on any atom is -0.461 e. The van der Waals surface area contributed by atoms with Gasteiger partial charge < -0.3 is 9.32 Å². The molecule has 0 unspecified atom stereocenters. The molecule has 130 valence electrons. The molecule has 1 aliphatic rings. The molecule has 0 N–H and O–H groups in total. The van der Waals surface area contributed by atoms with Crippen molar-refractivity contribution in [2.45, 2.75) is 46.1 Å². The zero-order chi connectivity index (χ0) is 17.4. The Morgan fingerprint density at radius 2 is 1.80 bits per heavy atom. The smallest absolute Gasteiger partial charge is 0.134 e. The molecule has 25 heavy (non-hydrogen) atoms. The molecule has 1 aromatic heterocycles. The molecule has 3 aromatic rings. The minimum absolute atomic E-state index is 0.723. The third-order valence-electron chi connectivity index (χ3n) is 5.46. The molecule has 0 amide bonds. The van der Waals surface area contributed by atoms with Crippen LogP contribution in [-0.4, -0.2) is 24.0 Å². The number of nitrogens with zero attached hydrogens (tertiary/aromatic N) is 1. The highest BCUT2D eigenvalue weighted by atomic mass is 16.3. The first-order chi connectivity index (χ1) is 12.1. The first-order valence-electron chi connectivity index (χ1n) is 9.44. The van der Waals surface area contributed by atoms with E-state index in [-0.39, 0.29) is 0 Å². The molecule has 1 saturated heterocycles. The fourth-order valence-electron chi connectivity index (χ4n) is 4.12. The van der Waals surface area contributed by atoms with Crippen molar-refractivity contribution in [2.75, 3.05) is 13.1 Å². The summed E-state index contributed by atoms with van der Waals surface area (Å²) in [6, 6.07) is 16.2. The van der Waals surface area contributed by atoms with Crippen LogP contribution in [0, 0.1) is 13.8 Å². The van der Waals surface area contributed by atoms with Gasteiger partial charge in [0.05, 0.1) is 0 Å². The fourth-order valence-corrected chi connectivity index (χ4v) is 4.12. The normalized spacial score (nSPS) is 18.3. The highest BCUT2D eigenvalue weighted by Gasteiger charge is 2.20. The third-order valence-corrected chi connectivity index (χ3v) is 5.46. The maximum Gasteiger partial charge on any atom is 0.134 e. The van der Waals surface area contributed by atoms with Crippen molar-refractivity contribution in [3.63, 3.8) is 0 Å². The monoisotopic (exact) mass is 333 g/mol. The van der Waals surface area contributed by atoms with E-state index in [4.69, 9.17) is 4.42 Å². The molecule has 2 aromatic carbocycles. The highest BCUT2D eigenvalue weighted by molar-refractivity contribution is 5.84. The molecule has 1 atom stereocenters. The van der Waals surface area contributed by atoms with Crippen LogP contribution in [0.4, 0.5) is 0 Å². The van der Waals surface area contributed by atoms with Crippen molar-refractivity contribution in [1.82, 2.24) is 4.90 Å². The lowest BCUT2D eigenvalue weighted by atomic mass is 10.00. The summed E-state index contributed by atoms with van der Waals surface area (Å²) < 4.78 is 6.07. The Morgan fingerprint density at radius 1 is 1.00 bits per heavy atom. The van der Waals surface area contributed by atoms with E-state index in [9.17, 15) is 0 Å². The lowest BCUT2D eigenvalue weighted by molar-refractivity contribution is 0.266. The standard InChI is InChI=1S/C23H27NO/c1-16-11-17(2)13-20(12-16)19-6-7-23-21(14-19)15-22(25-23)8-10-24-9-4-5-18(24)3/h6-7,11-15,18H,4-5,8-10H2,1-3H3/t18-/m1/s1. The molecular formula is C23H27NO. The van der Waals surface area contributed by atoms with Crippen molar-refractivity contribution in [3.05, 3.63) is 59.4 Å². The third kappa shape index (κ3) is 3.50. The van der Waals surface area contributed by atoms with Gasteiger partial charge >= 0.3 is 0 Å². The Hall–Kier alpha value is -2.06. The van der Waals surface area contributed by atoms with Crippen LogP contribution < -0.4 is 0 Å². The van der Waals surface area contributed by atoms with Gasteiger partial charge in [0.25, 0.3) is 0 Å². The van der Waals surface area contributed by atoms with Crippen LogP contribution in [0.2, 0.25) is 0 Å². The van der Waals surface area contributed by atoms with Crippen molar-refractivity contribution in [1.29, 1.82) is 0 Å². The van der Waals surface area contributed by atoms with Crippen LogP contribution in [0.1, 0.15) is 36.7 Å². The summed E-state index contributed by atoms with van der Waals surface area (Å²) in [7, 11) is 0. The molecule has 1 fully saturated rings. The molecule has 0 radical (unpaired) electrons. The molecule has 4 rings (SSSR count). The van der Waals surface area contributed by atoms with E-state index >= 15 is 0 Å². The van der Waals surface area contributed by atoms with Crippen LogP contribution >= 0.6 is 0 Å². The SMILES string of the molecule is Cc1cc(C)cc(-c2ccc3oc(CCN4CCC[C@H]4C)cc3c2)c1. The second-order valence-corrected chi connectivity index (χ2v) is 7.62. The lowest BCUT2D eigenvalue weighted by Crippen LogP contribution is -2.28. The Bertz CT molecular complexity index is 872. The van der Waals surface area contributed by atoms with E-state index in [0.29, 0.717) is 0 Å². The lowest BCUT2D eigenvalue weighted by Gasteiger charge is -2.19. The van der Waals surface area contributed by atoms with E-state index in [1.807, 2.05) is 0 Å². The van der Waals surface area contributed by atoms with Gasteiger partial charge in [-0.05, 0) is 69.5 Å². The summed E-state index contributed by atoms with van der Waals surface area (Å²) in [6.07, 6.45) is 3.66. The Kier molecular flexibility index (Phi) is 4.39. The number of hydrogen-bond donors (Lipinski definition) is 0. The van der Waals surface area contributed by atoms with Crippen LogP contribution in [0.15, 0.2) is 46.9 Å². The number of rotatable bonds is 4. The number of benzene rings is 2. The van der Waals surface area contributed by atoms with Crippen molar-refractivity contribution >= 4 is 11.0 Å². The summed E-state index contributed by atoms with van der Waals surface area (Å²) in [4.78, 5) is 2.58. The number of likely N-dealkylation sites (tertiary alicyclic amines) is 1. The summed E-state index contributed by atoms with van der Waals surface area (Å²) in [5, 5.41) is 1.21. The van der Waals surface area contributed by atoms with E-state index < -0.39 is 0 Å². The molecule has 1 aliphatic heterocycles. The van der Waals surface area contributed by atoms with Crippen LogP contribution in [0.3, 0.4) is 0 Å². The first kappa shape index (κ1) is 16.4. The first-order valence-corrected chi connectivity index (χ1v) is 9.44. The molecule has 2 nitrogen and oxygen atoms in total. The second kappa shape index (κ2) is 6.68. The molecule has 0 aliphatic carbocycles. The minimum atomic E-state index is 0.723. The quantitative estimate of drug-likeness (QED) is 0.605. The molecular weight excluding hydrogens is 306 g/mol. The average molecular weight is 333 g/mol. The Labute approximate surface area is 150 Å². The number of aryl methyl sites for hydroxylation is 2. The second-order valence-electron chi connectivity index (χ2n) is 7.62. The van der Waals surface area contributed by atoms with Gasteiger partial charge in [-0.1, -0.05) is 35.4 Å². The van der Waals surface area contributed by atoms with Gasteiger partial charge in [-0.2, -0.15) is 0 Å². The Balaban J connectivity index is 1.56. The molecule has 0 spiro atoms. The average Bonchev–Trinajstić information content (AvgIpc) is 3.16. The van der Waals surface area contributed by atoms with E-state index in [1.165, 1.54) is 47.0 Å². The van der Waals surface area contributed by atoms with Gasteiger partial charge in [0, 0.05) is 24.4 Å². The predicted octanol–water partition coefficient (Wildman–Crippen LogP) is 5.74. The van der Waals surface area contributed by atoms with Gasteiger partial charge in [0.1, 0.15) is 11.3 Å². The maximum absolute atomic E-state index is 6.07. The number of fused-ring (bicyclic) bond motifs is 1. The summed E-state index contributed by atoms with van der Waals surface area (Å²) in [5.41, 5.74) is 6.16. The van der Waals surface area contributed by atoms with Gasteiger partial charge in [0.2, 0.25) is 0 Å². The van der Waals surface area contributed by atoms with Gasteiger partial charge in [-0.15, -0.1) is 0 Å². The van der Waals surface area contributed by atoms with Crippen LogP contribution in [0.5, 0.6) is 0 Å². The zero-order valence-corrected chi connectivity index (χ0v) is 15.5. The zero-order valence-electron chi connectivity index (χ0n) is 15.5. The summed E-state index contributed by atoms with van der Waals surface area (Å²) >= 11 is 0. The maximum atomic E-state index is 6.07. The molecule has 0 saturated carbocycles. The predicted molar refractivity (Wildman–Crippen MR) is 105 cm³/mol. The topological polar surface area (TPSA) is 16.4 Å². The van der Waals surface area contributed by atoms with Crippen LogP contribution in [0.25, 0.3) is 22.1 Å². The van der Waals surface area contributed by atoms with Crippen molar-refractivity contribution < 1.29 is 4.42 Å².